The molecule has 0 aliphatic carbocycles. The van der Waals surface area contributed by atoms with Gasteiger partial charge in [-0.2, -0.15) is 0 Å². The van der Waals surface area contributed by atoms with Gasteiger partial charge in [-0.25, -0.2) is 0 Å². The molecule has 410 valence electrons. The van der Waals surface area contributed by atoms with Crippen LogP contribution < -0.4 is 10.2 Å². The number of nitrogens with one attached hydrogen (secondary N) is 1. The first-order chi connectivity index (χ1) is 33.5. The van der Waals surface area contributed by atoms with Crippen molar-refractivity contribution in [1.29, 1.82) is 0 Å². The van der Waals surface area contributed by atoms with Gasteiger partial charge in [-0.3, -0.25) is 9.36 Å². The summed E-state index contributed by atoms with van der Waals surface area (Å²) in [4.78, 5) is 25.5. The van der Waals surface area contributed by atoms with Gasteiger partial charge in [0, 0.05) is 6.42 Å². The van der Waals surface area contributed by atoms with Crippen LogP contribution in [0, 0.1) is 0 Å². The van der Waals surface area contributed by atoms with Gasteiger partial charge in [0.25, 0.3) is 7.82 Å². The summed E-state index contributed by atoms with van der Waals surface area (Å²) in [5.41, 5.74) is 0. The molecule has 0 rings (SSSR count). The minimum absolute atomic E-state index is 0.0126. The highest BCUT2D eigenvalue weighted by Crippen LogP contribution is 2.38. The van der Waals surface area contributed by atoms with Crippen molar-refractivity contribution < 1.29 is 32.9 Å². The van der Waals surface area contributed by atoms with Crippen molar-refractivity contribution in [3.8, 4) is 0 Å². The molecular weight excluding hydrogens is 876 g/mol. The van der Waals surface area contributed by atoms with E-state index in [1.54, 1.807) is 0 Å². The van der Waals surface area contributed by atoms with Crippen LogP contribution in [-0.4, -0.2) is 68.5 Å². The fourth-order valence-electron chi connectivity index (χ4n) is 9.19. The summed E-state index contributed by atoms with van der Waals surface area (Å²) in [5.74, 6) is -0.165. The van der Waals surface area contributed by atoms with Gasteiger partial charge in [0.05, 0.1) is 39.9 Å². The average Bonchev–Trinajstić information content (AvgIpc) is 3.31. The maximum absolute atomic E-state index is 13.0. The number of aliphatic hydroxyl groups excluding tert-OH is 1. The molecule has 0 saturated carbocycles. The highest BCUT2D eigenvalue weighted by molar-refractivity contribution is 7.45. The fraction of sp³-hybridized carbons (Fsp3) is 0.917. The molecule has 0 aromatic carbocycles. The maximum Gasteiger partial charge on any atom is 0.268 e. The zero-order valence-corrected chi connectivity index (χ0v) is 47.7. The second kappa shape index (κ2) is 51.9. The molecule has 0 aromatic heterocycles. The van der Waals surface area contributed by atoms with E-state index in [-0.39, 0.29) is 19.1 Å². The summed E-state index contributed by atoms with van der Waals surface area (Å²) in [6.07, 6.45) is 65.0. The second-order valence-corrected chi connectivity index (χ2v) is 23.5. The number of carbonyl (C=O) groups is 1. The van der Waals surface area contributed by atoms with Crippen LogP contribution >= 0.6 is 7.82 Å². The maximum atomic E-state index is 13.0. The van der Waals surface area contributed by atoms with Gasteiger partial charge in [0.1, 0.15) is 13.2 Å². The van der Waals surface area contributed by atoms with E-state index in [1.807, 2.05) is 21.1 Å². The van der Waals surface area contributed by atoms with Gasteiger partial charge in [-0.05, 0) is 44.9 Å². The highest BCUT2D eigenvalue weighted by atomic mass is 31.2. The van der Waals surface area contributed by atoms with E-state index in [0.29, 0.717) is 23.9 Å². The molecule has 9 heteroatoms. The van der Waals surface area contributed by atoms with E-state index in [4.69, 9.17) is 9.05 Å². The number of carbonyl (C=O) groups excluding carboxylic acids is 1. The van der Waals surface area contributed by atoms with E-state index in [2.05, 4.69) is 43.5 Å². The van der Waals surface area contributed by atoms with Crippen LogP contribution in [0.4, 0.5) is 0 Å². The summed E-state index contributed by atoms with van der Waals surface area (Å²) in [6, 6.07) is -0.802. The standard InChI is InChI=1S/C60H119N2O6P/c1-6-8-10-12-14-16-18-20-22-24-26-27-28-29-30-31-32-33-34-36-37-39-41-43-45-47-49-51-53-59(63)58(57-68-69(65,66)67-56-55-62(3,4)5)61-60(64)54-52-50-48-46-44-42-40-38-35-25-23-21-19-17-15-13-11-9-7-2/h15,17,21,23,58-59,63H,6-14,16,18-20,22,24-57H2,1-5H3,(H-,61,64,65,66)/b17-15-,23-21-. The Morgan fingerprint density at radius 3 is 1.23 bits per heavy atom. The number of hydrogen-bond acceptors (Lipinski definition) is 6. The topological polar surface area (TPSA) is 108 Å². The van der Waals surface area contributed by atoms with Crippen LogP contribution in [0.1, 0.15) is 303 Å². The molecule has 2 N–H and O–H groups in total. The quantitative estimate of drug-likeness (QED) is 0.0272. The lowest BCUT2D eigenvalue weighted by Gasteiger charge is -2.30. The number of likely N-dealkylation sites (N-methyl/N-ethyl adjacent to an activating group) is 1. The molecular formula is C60H119N2O6P. The SMILES string of the molecule is CCCCC/C=C\C/C=C\CCCCCCCCCCCC(=O)NC(COP(=O)([O-])OCC[N+](C)(C)C)C(O)CCCCCCCCCCCCCCCCCCCCCCCCCCCCCC. The lowest BCUT2D eigenvalue weighted by atomic mass is 10.0. The minimum atomic E-state index is -4.57. The van der Waals surface area contributed by atoms with Crippen LogP contribution in [0.25, 0.3) is 0 Å². The molecule has 0 radical (unpaired) electrons. The summed E-state index contributed by atoms with van der Waals surface area (Å²) in [5, 5.41) is 14.0. The van der Waals surface area contributed by atoms with Crippen LogP contribution in [0.15, 0.2) is 24.3 Å². The Kier molecular flexibility index (Phi) is 51.1. The zero-order chi connectivity index (χ0) is 50.6. The predicted molar refractivity (Wildman–Crippen MR) is 298 cm³/mol. The second-order valence-electron chi connectivity index (χ2n) is 22.1. The van der Waals surface area contributed by atoms with Crippen molar-refractivity contribution in [3.05, 3.63) is 24.3 Å². The Hall–Kier alpha value is -1.02. The lowest BCUT2D eigenvalue weighted by molar-refractivity contribution is -0.870. The Bertz CT molecular complexity index is 1170. The molecule has 0 aromatic rings. The number of phosphoric acid groups is 1. The Labute approximate surface area is 430 Å². The van der Waals surface area contributed by atoms with Crippen LogP contribution in [0.3, 0.4) is 0 Å². The van der Waals surface area contributed by atoms with E-state index >= 15 is 0 Å². The number of unbranched alkanes of at least 4 members (excludes halogenated alkanes) is 39. The normalized spacial score (nSPS) is 14.0. The largest absolute Gasteiger partial charge is 0.756 e. The van der Waals surface area contributed by atoms with Crippen LogP contribution in [0.5, 0.6) is 0 Å². The van der Waals surface area contributed by atoms with Crippen molar-refractivity contribution in [2.75, 3.05) is 40.9 Å². The zero-order valence-electron chi connectivity index (χ0n) is 46.8. The van der Waals surface area contributed by atoms with Gasteiger partial charge >= 0.3 is 0 Å². The molecule has 8 nitrogen and oxygen atoms in total. The predicted octanol–water partition coefficient (Wildman–Crippen LogP) is 17.7. The third kappa shape index (κ3) is 54.6. The molecule has 3 atom stereocenters. The summed E-state index contributed by atoms with van der Waals surface area (Å²) >= 11 is 0. The number of amides is 1. The van der Waals surface area contributed by atoms with Gasteiger partial charge < -0.3 is 28.8 Å². The molecule has 69 heavy (non-hydrogen) atoms. The first-order valence-corrected chi connectivity index (χ1v) is 31.6. The fourth-order valence-corrected chi connectivity index (χ4v) is 9.91. The summed E-state index contributed by atoms with van der Waals surface area (Å²) in [6.45, 7) is 4.74. The molecule has 0 saturated heterocycles. The molecule has 0 aliphatic heterocycles. The number of hydrogen-bond donors (Lipinski definition) is 2. The number of phosphoric ester groups is 1. The Morgan fingerprint density at radius 1 is 0.507 bits per heavy atom. The van der Waals surface area contributed by atoms with Crippen LogP contribution in [0.2, 0.25) is 0 Å². The van der Waals surface area contributed by atoms with Crippen molar-refractivity contribution >= 4 is 13.7 Å². The molecule has 0 aliphatic rings. The number of rotatable bonds is 56. The highest BCUT2D eigenvalue weighted by Gasteiger charge is 2.24. The van der Waals surface area contributed by atoms with E-state index in [1.165, 1.54) is 231 Å². The third-order valence-corrected chi connectivity index (χ3v) is 14.9. The third-order valence-electron chi connectivity index (χ3n) is 13.9. The van der Waals surface area contributed by atoms with Gasteiger partial charge in [-0.1, -0.05) is 276 Å². The molecule has 1 amide bonds. The molecule has 0 heterocycles. The van der Waals surface area contributed by atoms with E-state index in [9.17, 15) is 19.4 Å². The van der Waals surface area contributed by atoms with Gasteiger partial charge in [0.2, 0.25) is 5.91 Å². The number of quaternary nitrogens is 1. The van der Waals surface area contributed by atoms with E-state index in [0.717, 1.165) is 44.9 Å². The average molecular weight is 996 g/mol. The first-order valence-electron chi connectivity index (χ1n) is 30.2. The van der Waals surface area contributed by atoms with Crippen molar-refractivity contribution in [1.82, 2.24) is 5.32 Å². The van der Waals surface area contributed by atoms with Gasteiger partial charge in [0.15, 0.2) is 0 Å². The number of nitrogens with zero attached hydrogens (tertiary/aromatic N) is 1. The molecule has 0 spiro atoms. The molecule has 0 bridgehead atoms. The van der Waals surface area contributed by atoms with Crippen LogP contribution in [-0.2, 0) is 18.4 Å². The van der Waals surface area contributed by atoms with Crippen molar-refractivity contribution in [3.63, 3.8) is 0 Å². The number of aliphatic hydroxyl groups is 1. The Balaban J connectivity index is 4.09. The number of allylic oxidation sites excluding steroid dienone is 4. The first kappa shape index (κ1) is 68.0. The minimum Gasteiger partial charge on any atom is -0.756 e. The lowest BCUT2D eigenvalue weighted by Crippen LogP contribution is -2.46. The van der Waals surface area contributed by atoms with Gasteiger partial charge in [-0.15, -0.1) is 0 Å². The van der Waals surface area contributed by atoms with Crippen molar-refractivity contribution in [2.24, 2.45) is 0 Å². The van der Waals surface area contributed by atoms with E-state index < -0.39 is 20.0 Å². The Morgan fingerprint density at radius 2 is 0.841 bits per heavy atom. The summed E-state index contributed by atoms with van der Waals surface area (Å²) in [7, 11) is 1.31. The molecule has 0 fully saturated rings. The summed E-state index contributed by atoms with van der Waals surface area (Å²) < 4.78 is 23.4. The monoisotopic (exact) mass is 995 g/mol. The van der Waals surface area contributed by atoms with Crippen molar-refractivity contribution in [2.45, 2.75) is 315 Å². The molecule has 3 unspecified atom stereocenters. The smallest absolute Gasteiger partial charge is 0.268 e.